The van der Waals surface area contributed by atoms with Crippen LogP contribution < -0.4 is 0 Å². The van der Waals surface area contributed by atoms with E-state index in [1.54, 1.807) is 19.2 Å². The Morgan fingerprint density at radius 1 is 1.16 bits per heavy atom. The van der Waals surface area contributed by atoms with Crippen LogP contribution in [0.25, 0.3) is 0 Å². The Morgan fingerprint density at radius 3 is 2.32 bits per heavy atom. The number of carbonyl (C=O) groups is 2. The molecular weight excluding hydrogens is 242 g/mol. The molecular formula is C15H21NO3. The van der Waals surface area contributed by atoms with E-state index in [2.05, 4.69) is 6.92 Å². The second-order valence-corrected chi connectivity index (χ2v) is 4.43. The van der Waals surface area contributed by atoms with Crippen LogP contribution in [0.5, 0.6) is 0 Å². The van der Waals surface area contributed by atoms with E-state index in [4.69, 9.17) is 4.74 Å². The summed E-state index contributed by atoms with van der Waals surface area (Å²) in [5, 5.41) is 0. The maximum absolute atomic E-state index is 12.1. The van der Waals surface area contributed by atoms with E-state index < -0.39 is 0 Å². The van der Waals surface area contributed by atoms with Gasteiger partial charge in [-0.2, -0.15) is 0 Å². The summed E-state index contributed by atoms with van der Waals surface area (Å²) >= 11 is 0. The number of carbonyl (C=O) groups excluding carboxylic acids is 2. The minimum Gasteiger partial charge on any atom is -0.464 e. The summed E-state index contributed by atoms with van der Waals surface area (Å²) in [5.74, 6) is -0.543. The SMILES string of the molecule is CCCOC(=O)CN(C)C(=O)c1ccc(CC)cc1. The summed E-state index contributed by atoms with van der Waals surface area (Å²) in [6.07, 6.45) is 1.72. The number of esters is 1. The number of hydrogen-bond donors (Lipinski definition) is 0. The molecule has 1 aromatic carbocycles. The van der Waals surface area contributed by atoms with Crippen LogP contribution in [0.2, 0.25) is 0 Å². The van der Waals surface area contributed by atoms with E-state index in [0.29, 0.717) is 12.2 Å². The Kier molecular flexibility index (Phi) is 6.06. The van der Waals surface area contributed by atoms with Gasteiger partial charge in [0.05, 0.1) is 6.61 Å². The van der Waals surface area contributed by atoms with Gasteiger partial charge >= 0.3 is 5.97 Å². The number of hydrogen-bond acceptors (Lipinski definition) is 3. The average Bonchev–Trinajstić information content (AvgIpc) is 2.44. The van der Waals surface area contributed by atoms with Gasteiger partial charge in [0.1, 0.15) is 6.54 Å². The topological polar surface area (TPSA) is 46.6 Å². The molecule has 0 fully saturated rings. The first-order chi connectivity index (χ1) is 9.08. The monoisotopic (exact) mass is 263 g/mol. The van der Waals surface area contributed by atoms with Crippen molar-refractivity contribution in [3.8, 4) is 0 Å². The molecule has 0 saturated carbocycles. The lowest BCUT2D eigenvalue weighted by Gasteiger charge is -2.16. The lowest BCUT2D eigenvalue weighted by molar-refractivity contribution is -0.144. The molecule has 1 rings (SSSR count). The predicted octanol–water partition coefficient (Wildman–Crippen LogP) is 2.27. The summed E-state index contributed by atoms with van der Waals surface area (Å²) in [6.45, 7) is 4.37. The summed E-state index contributed by atoms with van der Waals surface area (Å²) in [7, 11) is 1.60. The van der Waals surface area contributed by atoms with E-state index in [-0.39, 0.29) is 18.4 Å². The van der Waals surface area contributed by atoms with Crippen molar-refractivity contribution in [2.24, 2.45) is 0 Å². The van der Waals surface area contributed by atoms with Gasteiger partial charge < -0.3 is 9.64 Å². The van der Waals surface area contributed by atoms with Crippen molar-refractivity contribution in [3.05, 3.63) is 35.4 Å². The first-order valence-corrected chi connectivity index (χ1v) is 6.58. The summed E-state index contributed by atoms with van der Waals surface area (Å²) in [6, 6.07) is 7.43. The van der Waals surface area contributed by atoms with Crippen LogP contribution >= 0.6 is 0 Å². The van der Waals surface area contributed by atoms with Crippen molar-refractivity contribution < 1.29 is 14.3 Å². The Labute approximate surface area is 114 Å². The summed E-state index contributed by atoms with van der Waals surface area (Å²) in [5.41, 5.74) is 1.77. The number of aryl methyl sites for hydroxylation is 1. The van der Waals surface area contributed by atoms with Crippen LogP contribution in [-0.4, -0.2) is 37.0 Å². The van der Waals surface area contributed by atoms with Crippen LogP contribution in [0.3, 0.4) is 0 Å². The maximum Gasteiger partial charge on any atom is 0.325 e. The molecule has 1 amide bonds. The molecule has 0 saturated heterocycles. The Morgan fingerprint density at radius 2 is 1.79 bits per heavy atom. The molecule has 1 aromatic rings. The van der Waals surface area contributed by atoms with E-state index in [1.165, 1.54) is 10.5 Å². The van der Waals surface area contributed by atoms with Gasteiger partial charge in [-0.1, -0.05) is 26.0 Å². The maximum atomic E-state index is 12.1. The van der Waals surface area contributed by atoms with Crippen LogP contribution in [0.4, 0.5) is 0 Å². The molecule has 0 N–H and O–H groups in total. The molecule has 0 aromatic heterocycles. The van der Waals surface area contributed by atoms with Crippen LogP contribution in [0.1, 0.15) is 36.2 Å². The van der Waals surface area contributed by atoms with Crippen LogP contribution in [0, 0.1) is 0 Å². The van der Waals surface area contributed by atoms with Gasteiger partial charge in [0.2, 0.25) is 0 Å². The molecule has 0 unspecified atom stereocenters. The minimum atomic E-state index is -0.372. The van der Waals surface area contributed by atoms with Gasteiger partial charge in [-0.05, 0) is 30.5 Å². The number of nitrogens with zero attached hydrogens (tertiary/aromatic N) is 1. The molecule has 104 valence electrons. The minimum absolute atomic E-state index is 0.0195. The molecule has 0 aliphatic rings. The lowest BCUT2D eigenvalue weighted by atomic mass is 10.1. The average molecular weight is 263 g/mol. The van der Waals surface area contributed by atoms with Crippen molar-refractivity contribution in [2.45, 2.75) is 26.7 Å². The van der Waals surface area contributed by atoms with E-state index in [1.807, 2.05) is 19.1 Å². The van der Waals surface area contributed by atoms with Crippen LogP contribution in [0.15, 0.2) is 24.3 Å². The summed E-state index contributed by atoms with van der Waals surface area (Å²) in [4.78, 5) is 24.9. The molecule has 19 heavy (non-hydrogen) atoms. The molecule has 0 aliphatic heterocycles. The van der Waals surface area contributed by atoms with Crippen molar-refractivity contribution in [2.75, 3.05) is 20.2 Å². The number of amides is 1. The quantitative estimate of drug-likeness (QED) is 0.740. The van der Waals surface area contributed by atoms with Crippen molar-refractivity contribution in [1.82, 2.24) is 4.90 Å². The second-order valence-electron chi connectivity index (χ2n) is 4.43. The fourth-order valence-electron chi connectivity index (χ4n) is 1.63. The van der Waals surface area contributed by atoms with Gasteiger partial charge in [-0.25, -0.2) is 0 Å². The van der Waals surface area contributed by atoms with Gasteiger partial charge in [0.25, 0.3) is 5.91 Å². The lowest BCUT2D eigenvalue weighted by Crippen LogP contribution is -2.33. The van der Waals surface area contributed by atoms with Crippen molar-refractivity contribution in [3.63, 3.8) is 0 Å². The zero-order chi connectivity index (χ0) is 14.3. The molecule has 4 nitrogen and oxygen atoms in total. The standard InChI is InChI=1S/C15H21NO3/c1-4-10-19-14(17)11-16(3)15(18)13-8-6-12(5-2)7-9-13/h6-9H,4-5,10-11H2,1-3H3. The van der Waals surface area contributed by atoms with E-state index in [9.17, 15) is 9.59 Å². The molecule has 0 atom stereocenters. The smallest absolute Gasteiger partial charge is 0.325 e. The van der Waals surface area contributed by atoms with Gasteiger partial charge in [0.15, 0.2) is 0 Å². The number of ether oxygens (including phenoxy) is 1. The second kappa shape index (κ2) is 7.56. The predicted molar refractivity (Wildman–Crippen MR) is 74.0 cm³/mol. The van der Waals surface area contributed by atoms with Crippen molar-refractivity contribution >= 4 is 11.9 Å². The highest BCUT2D eigenvalue weighted by Crippen LogP contribution is 2.07. The summed E-state index contributed by atoms with van der Waals surface area (Å²) < 4.78 is 4.95. The highest BCUT2D eigenvalue weighted by Gasteiger charge is 2.15. The third kappa shape index (κ3) is 4.73. The fraction of sp³-hybridized carbons (Fsp3) is 0.467. The van der Waals surface area contributed by atoms with Crippen molar-refractivity contribution in [1.29, 1.82) is 0 Å². The number of benzene rings is 1. The highest BCUT2D eigenvalue weighted by atomic mass is 16.5. The molecule has 0 radical (unpaired) electrons. The Hall–Kier alpha value is -1.84. The number of rotatable bonds is 6. The first-order valence-electron chi connectivity index (χ1n) is 6.58. The van der Waals surface area contributed by atoms with Crippen LogP contribution in [-0.2, 0) is 16.0 Å². The highest BCUT2D eigenvalue weighted by molar-refractivity contribution is 5.95. The van der Waals surface area contributed by atoms with E-state index in [0.717, 1.165) is 12.8 Å². The first kappa shape index (κ1) is 15.2. The zero-order valence-electron chi connectivity index (χ0n) is 11.8. The molecule has 0 bridgehead atoms. The third-order valence-electron chi connectivity index (χ3n) is 2.79. The third-order valence-corrected chi connectivity index (χ3v) is 2.79. The molecule has 0 aliphatic carbocycles. The largest absolute Gasteiger partial charge is 0.464 e. The normalized spacial score (nSPS) is 10.1. The zero-order valence-corrected chi connectivity index (χ0v) is 11.8. The molecule has 0 heterocycles. The molecule has 0 spiro atoms. The van der Waals surface area contributed by atoms with E-state index >= 15 is 0 Å². The fourth-order valence-corrected chi connectivity index (χ4v) is 1.63. The number of likely N-dealkylation sites (N-methyl/N-ethyl adjacent to an activating group) is 1. The van der Waals surface area contributed by atoms with Gasteiger partial charge in [-0.3, -0.25) is 9.59 Å². The Bertz CT molecular complexity index is 426. The van der Waals surface area contributed by atoms with Gasteiger partial charge in [-0.15, -0.1) is 0 Å². The van der Waals surface area contributed by atoms with Gasteiger partial charge in [0, 0.05) is 12.6 Å². The molecule has 4 heteroatoms. The Balaban J connectivity index is 2.58.